The molecule has 7 nitrogen and oxygen atoms in total. The molecular formula is C20H18F3N3O4. The monoisotopic (exact) mass is 421 g/mol. The topological polar surface area (TPSA) is 97.4 Å². The Hall–Kier alpha value is -3.40. The summed E-state index contributed by atoms with van der Waals surface area (Å²) in [6.07, 6.45) is -4.10. The summed E-state index contributed by atoms with van der Waals surface area (Å²) in [7, 11) is 0. The Morgan fingerprint density at radius 3 is 2.53 bits per heavy atom. The van der Waals surface area contributed by atoms with Crippen molar-refractivity contribution in [1.82, 2.24) is 15.0 Å². The Morgan fingerprint density at radius 2 is 1.87 bits per heavy atom. The minimum atomic E-state index is -5.08. The fourth-order valence-corrected chi connectivity index (χ4v) is 3.13. The largest absolute Gasteiger partial charge is 0.490 e. The Bertz CT molecular complexity index is 1070. The van der Waals surface area contributed by atoms with Crippen molar-refractivity contribution in [3.05, 3.63) is 75.8 Å². The lowest BCUT2D eigenvalue weighted by Gasteiger charge is -2.20. The molecule has 2 heterocycles. The van der Waals surface area contributed by atoms with E-state index >= 15 is 0 Å². The van der Waals surface area contributed by atoms with Crippen LogP contribution in [-0.2, 0) is 24.3 Å². The number of alkyl halides is 3. The van der Waals surface area contributed by atoms with Gasteiger partial charge in [-0.2, -0.15) is 13.2 Å². The number of halogens is 3. The summed E-state index contributed by atoms with van der Waals surface area (Å²) in [5.41, 5.74) is 4.68. The molecule has 3 aromatic rings. The van der Waals surface area contributed by atoms with Crippen LogP contribution in [0.15, 0.2) is 57.8 Å². The second-order valence-corrected chi connectivity index (χ2v) is 6.51. The molecular weight excluding hydrogens is 403 g/mol. The maximum atomic E-state index is 12.1. The molecule has 1 aliphatic heterocycles. The van der Waals surface area contributed by atoms with Gasteiger partial charge in [-0.1, -0.05) is 53.7 Å². The zero-order chi connectivity index (χ0) is 21.7. The first-order valence-electron chi connectivity index (χ1n) is 9.00. The predicted molar refractivity (Wildman–Crippen MR) is 101 cm³/mol. The number of aliphatic carboxylic acids is 1. The van der Waals surface area contributed by atoms with Crippen LogP contribution in [0.4, 0.5) is 13.2 Å². The first-order valence-corrected chi connectivity index (χ1v) is 9.00. The van der Waals surface area contributed by atoms with Crippen molar-refractivity contribution in [2.75, 3.05) is 6.54 Å². The summed E-state index contributed by atoms with van der Waals surface area (Å²) in [5, 5.41) is 14.5. The van der Waals surface area contributed by atoms with Gasteiger partial charge < -0.3 is 10.4 Å². The van der Waals surface area contributed by atoms with Gasteiger partial charge in [0.15, 0.2) is 5.82 Å². The molecule has 0 aliphatic carbocycles. The fraction of sp³-hybridized carbons (Fsp3) is 0.250. The number of aromatic nitrogens is 2. The van der Waals surface area contributed by atoms with Crippen molar-refractivity contribution in [3.63, 3.8) is 0 Å². The van der Waals surface area contributed by atoms with Gasteiger partial charge in [-0.3, -0.25) is 9.09 Å². The minimum Gasteiger partial charge on any atom is -0.475 e. The Kier molecular flexibility index (Phi) is 6.36. The first-order chi connectivity index (χ1) is 14.3. The number of benzene rings is 2. The van der Waals surface area contributed by atoms with E-state index < -0.39 is 17.9 Å². The molecule has 0 bridgehead atoms. The molecule has 1 aliphatic rings. The molecule has 2 aromatic carbocycles. The van der Waals surface area contributed by atoms with Gasteiger partial charge in [0.05, 0.1) is 6.54 Å². The van der Waals surface area contributed by atoms with Crippen molar-refractivity contribution in [3.8, 4) is 11.4 Å². The molecule has 10 heteroatoms. The van der Waals surface area contributed by atoms with Gasteiger partial charge in [-0.25, -0.2) is 9.59 Å². The minimum absolute atomic E-state index is 0.421. The maximum absolute atomic E-state index is 12.1. The average molecular weight is 421 g/mol. The van der Waals surface area contributed by atoms with E-state index in [9.17, 15) is 18.0 Å². The molecule has 0 amide bonds. The summed E-state index contributed by atoms with van der Waals surface area (Å²) in [4.78, 5) is 21.0. The lowest BCUT2D eigenvalue weighted by molar-refractivity contribution is -0.192. The average Bonchev–Trinajstić information content (AvgIpc) is 3.09. The third kappa shape index (κ3) is 4.95. The highest BCUT2D eigenvalue weighted by Crippen LogP contribution is 2.22. The predicted octanol–water partition coefficient (Wildman–Crippen LogP) is 2.83. The molecule has 158 valence electrons. The number of rotatable bonds is 3. The number of fused-ring (bicyclic) bond motifs is 1. The SMILES string of the molecule is O=C(O)C(F)(F)F.O=c1onc(-c2ccccc2)n1Cc1cccc2c1CCNC2. The second kappa shape index (κ2) is 8.95. The van der Waals surface area contributed by atoms with Crippen molar-refractivity contribution in [2.45, 2.75) is 25.7 Å². The number of hydrogen-bond acceptors (Lipinski definition) is 5. The highest BCUT2D eigenvalue weighted by Gasteiger charge is 2.38. The van der Waals surface area contributed by atoms with Gasteiger partial charge in [-0.05, 0) is 29.7 Å². The van der Waals surface area contributed by atoms with E-state index in [0.29, 0.717) is 12.4 Å². The molecule has 30 heavy (non-hydrogen) atoms. The van der Waals surface area contributed by atoms with E-state index in [0.717, 1.165) is 30.6 Å². The van der Waals surface area contributed by atoms with Crippen LogP contribution in [0.25, 0.3) is 11.4 Å². The van der Waals surface area contributed by atoms with Crippen molar-refractivity contribution >= 4 is 5.97 Å². The Morgan fingerprint density at radius 1 is 1.17 bits per heavy atom. The third-order valence-corrected chi connectivity index (χ3v) is 4.53. The number of carbonyl (C=O) groups is 1. The highest BCUT2D eigenvalue weighted by atomic mass is 19.4. The van der Waals surface area contributed by atoms with Crippen LogP contribution in [0.3, 0.4) is 0 Å². The van der Waals surface area contributed by atoms with E-state index in [2.05, 4.69) is 22.6 Å². The van der Waals surface area contributed by atoms with E-state index in [-0.39, 0.29) is 0 Å². The number of hydrogen-bond donors (Lipinski definition) is 2. The molecule has 0 saturated carbocycles. The fourth-order valence-electron chi connectivity index (χ4n) is 3.13. The molecule has 0 unspecified atom stereocenters. The Labute approximate surface area is 168 Å². The number of carboxylic acids is 1. The molecule has 2 N–H and O–H groups in total. The highest BCUT2D eigenvalue weighted by molar-refractivity contribution is 5.73. The van der Waals surface area contributed by atoms with Crippen molar-refractivity contribution < 1.29 is 27.6 Å². The van der Waals surface area contributed by atoms with Crippen LogP contribution < -0.4 is 11.1 Å². The van der Waals surface area contributed by atoms with Crippen LogP contribution in [0.2, 0.25) is 0 Å². The summed E-state index contributed by atoms with van der Waals surface area (Å²) < 4.78 is 38.3. The first kappa shape index (κ1) is 21.3. The molecule has 0 fully saturated rings. The summed E-state index contributed by atoms with van der Waals surface area (Å²) in [6.45, 7) is 2.33. The smallest absolute Gasteiger partial charge is 0.475 e. The standard InChI is InChI=1S/C18H17N3O2.C2HF3O2/c22-18-21(17(20-23-18)13-5-2-1-3-6-13)12-15-8-4-7-14-11-19-10-9-16(14)15;3-2(4,5)1(6)7/h1-8,19H,9-12H2;(H,6,7). The summed E-state index contributed by atoms with van der Waals surface area (Å²) in [6, 6.07) is 15.9. The quantitative estimate of drug-likeness (QED) is 0.675. The third-order valence-electron chi connectivity index (χ3n) is 4.53. The zero-order valence-corrected chi connectivity index (χ0v) is 15.6. The normalized spacial score (nSPS) is 13.2. The zero-order valence-electron chi connectivity index (χ0n) is 15.6. The van der Waals surface area contributed by atoms with Crippen LogP contribution in [-0.4, -0.2) is 33.5 Å². The molecule has 0 atom stereocenters. The number of nitrogens with zero attached hydrogens (tertiary/aromatic N) is 2. The van der Waals surface area contributed by atoms with Crippen molar-refractivity contribution in [2.24, 2.45) is 0 Å². The van der Waals surface area contributed by atoms with Gasteiger partial charge in [0.25, 0.3) is 0 Å². The molecule has 0 saturated heterocycles. The van der Waals surface area contributed by atoms with Gasteiger partial charge in [0, 0.05) is 12.1 Å². The summed E-state index contributed by atoms with van der Waals surface area (Å²) in [5.74, 6) is -2.61. The molecule has 1 aromatic heterocycles. The van der Waals surface area contributed by atoms with Crippen LogP contribution in [0, 0.1) is 0 Å². The molecule has 4 rings (SSSR count). The number of carboxylic acid groups (broad SMARTS) is 1. The van der Waals surface area contributed by atoms with Gasteiger partial charge in [0.2, 0.25) is 0 Å². The van der Waals surface area contributed by atoms with E-state index in [1.54, 1.807) is 4.57 Å². The maximum Gasteiger partial charge on any atom is 0.490 e. The molecule has 0 spiro atoms. The van der Waals surface area contributed by atoms with Crippen LogP contribution >= 0.6 is 0 Å². The lowest BCUT2D eigenvalue weighted by Crippen LogP contribution is -2.26. The van der Waals surface area contributed by atoms with E-state index in [1.165, 1.54) is 11.1 Å². The van der Waals surface area contributed by atoms with Crippen LogP contribution in [0.1, 0.15) is 16.7 Å². The lowest BCUT2D eigenvalue weighted by atomic mass is 9.95. The van der Waals surface area contributed by atoms with Gasteiger partial charge in [0.1, 0.15) is 0 Å². The van der Waals surface area contributed by atoms with Gasteiger partial charge in [-0.15, -0.1) is 0 Å². The Balaban J connectivity index is 0.000000318. The summed E-state index contributed by atoms with van der Waals surface area (Å²) >= 11 is 0. The van der Waals surface area contributed by atoms with Crippen molar-refractivity contribution in [1.29, 1.82) is 0 Å². The van der Waals surface area contributed by atoms with Gasteiger partial charge >= 0.3 is 17.9 Å². The number of nitrogens with one attached hydrogen (secondary N) is 1. The van der Waals surface area contributed by atoms with E-state index in [4.69, 9.17) is 14.4 Å². The molecule has 0 radical (unpaired) electrons. The van der Waals surface area contributed by atoms with E-state index in [1.807, 2.05) is 36.4 Å². The second-order valence-electron chi connectivity index (χ2n) is 6.51. The van der Waals surface area contributed by atoms with Crippen LogP contribution in [0.5, 0.6) is 0 Å².